The number of amides is 1. The molecule has 5 nitrogen and oxygen atoms in total. The van der Waals surface area contributed by atoms with Gasteiger partial charge in [0.25, 0.3) is 11.5 Å². The number of aromatic nitrogens is 2. The van der Waals surface area contributed by atoms with Crippen LogP contribution in [0.5, 0.6) is 0 Å². The largest absolute Gasteiger partial charge is 0.350 e. The molecule has 0 saturated carbocycles. The van der Waals surface area contributed by atoms with E-state index in [4.69, 9.17) is 0 Å². The van der Waals surface area contributed by atoms with Crippen molar-refractivity contribution in [3.05, 3.63) is 92.8 Å². The zero-order valence-corrected chi connectivity index (χ0v) is 16.7. The highest BCUT2D eigenvalue weighted by Crippen LogP contribution is 2.24. The van der Waals surface area contributed by atoms with Crippen LogP contribution in [0.2, 0.25) is 0 Å². The second-order valence-corrected chi connectivity index (χ2v) is 7.79. The van der Waals surface area contributed by atoms with E-state index >= 15 is 0 Å². The first-order valence-electron chi connectivity index (χ1n) is 8.57. The summed E-state index contributed by atoms with van der Waals surface area (Å²) in [5.74, 6) is -0.315. The van der Waals surface area contributed by atoms with Crippen LogP contribution in [-0.2, 0) is 5.41 Å². The van der Waals surface area contributed by atoms with Crippen molar-refractivity contribution in [3.63, 3.8) is 0 Å². The van der Waals surface area contributed by atoms with Gasteiger partial charge >= 0.3 is 0 Å². The van der Waals surface area contributed by atoms with Crippen molar-refractivity contribution in [3.8, 4) is 5.69 Å². The van der Waals surface area contributed by atoms with Gasteiger partial charge in [-0.25, -0.2) is 0 Å². The van der Waals surface area contributed by atoms with Crippen molar-refractivity contribution in [1.82, 2.24) is 15.1 Å². The number of hydrogen-bond donors (Lipinski definition) is 1. The maximum Gasteiger partial charge on any atom is 0.271 e. The van der Waals surface area contributed by atoms with Crippen LogP contribution in [0.1, 0.15) is 29.9 Å². The van der Waals surface area contributed by atoms with E-state index in [0.29, 0.717) is 12.2 Å². The van der Waals surface area contributed by atoms with E-state index in [1.54, 1.807) is 12.1 Å². The Morgan fingerprint density at radius 3 is 2.37 bits per heavy atom. The minimum Gasteiger partial charge on any atom is -0.350 e. The number of carbonyl (C=O) groups is 1. The zero-order chi connectivity index (χ0) is 19.4. The molecule has 0 aliphatic rings. The van der Waals surface area contributed by atoms with E-state index in [1.807, 2.05) is 42.5 Å². The summed E-state index contributed by atoms with van der Waals surface area (Å²) < 4.78 is 2.24. The monoisotopic (exact) mass is 425 g/mol. The van der Waals surface area contributed by atoms with Crippen LogP contribution in [0.3, 0.4) is 0 Å². The quantitative estimate of drug-likeness (QED) is 0.677. The van der Waals surface area contributed by atoms with E-state index in [2.05, 4.69) is 40.2 Å². The van der Waals surface area contributed by atoms with E-state index in [1.165, 1.54) is 16.8 Å². The molecule has 0 bridgehead atoms. The average molecular weight is 426 g/mol. The van der Waals surface area contributed by atoms with Gasteiger partial charge in [-0.1, -0.05) is 60.1 Å². The summed E-state index contributed by atoms with van der Waals surface area (Å²) in [5.41, 5.74) is 1.41. The molecule has 2 aromatic carbocycles. The smallest absolute Gasteiger partial charge is 0.271 e. The van der Waals surface area contributed by atoms with E-state index in [-0.39, 0.29) is 22.6 Å². The van der Waals surface area contributed by atoms with Crippen LogP contribution in [-0.4, -0.2) is 22.2 Å². The lowest BCUT2D eigenvalue weighted by molar-refractivity contribution is 0.0939. The van der Waals surface area contributed by atoms with Crippen LogP contribution in [0, 0.1) is 0 Å². The summed E-state index contributed by atoms with van der Waals surface area (Å²) in [6.07, 6.45) is 0. The minimum atomic E-state index is -0.315. The summed E-state index contributed by atoms with van der Waals surface area (Å²) in [4.78, 5) is 24.7. The van der Waals surface area contributed by atoms with Crippen LogP contribution in [0.15, 0.2) is 76.0 Å². The Kier molecular flexibility index (Phi) is 5.56. The first-order valence-corrected chi connectivity index (χ1v) is 9.36. The number of halogens is 1. The van der Waals surface area contributed by atoms with Crippen molar-refractivity contribution >= 4 is 21.8 Å². The molecule has 0 radical (unpaired) electrons. The Bertz CT molecular complexity index is 996. The van der Waals surface area contributed by atoms with E-state index < -0.39 is 0 Å². The molecule has 27 heavy (non-hydrogen) atoms. The maximum absolute atomic E-state index is 12.6. The predicted molar refractivity (Wildman–Crippen MR) is 109 cm³/mol. The Balaban J connectivity index is 1.77. The number of para-hydroxylation sites is 1. The van der Waals surface area contributed by atoms with Gasteiger partial charge in [0.1, 0.15) is 5.69 Å². The molecule has 6 heteroatoms. The van der Waals surface area contributed by atoms with Gasteiger partial charge in [-0.2, -0.15) is 9.78 Å². The van der Waals surface area contributed by atoms with Gasteiger partial charge in [-0.15, -0.1) is 0 Å². The molecule has 0 aliphatic heterocycles. The van der Waals surface area contributed by atoms with Crippen LogP contribution in [0.4, 0.5) is 0 Å². The second-order valence-electron chi connectivity index (χ2n) is 6.88. The molecule has 3 rings (SSSR count). The third-order valence-electron chi connectivity index (χ3n) is 4.35. The van der Waals surface area contributed by atoms with Crippen molar-refractivity contribution in [2.45, 2.75) is 19.3 Å². The molecular weight excluding hydrogens is 406 g/mol. The summed E-state index contributed by atoms with van der Waals surface area (Å²) in [5, 5.41) is 7.14. The highest BCUT2D eigenvalue weighted by atomic mass is 79.9. The van der Waals surface area contributed by atoms with Gasteiger partial charge in [0.05, 0.1) is 5.69 Å². The van der Waals surface area contributed by atoms with Crippen LogP contribution in [0.25, 0.3) is 5.69 Å². The average Bonchev–Trinajstić information content (AvgIpc) is 2.67. The van der Waals surface area contributed by atoms with Crippen LogP contribution >= 0.6 is 15.9 Å². The van der Waals surface area contributed by atoms with Gasteiger partial charge in [-0.05, 0) is 35.9 Å². The molecule has 138 valence electrons. The number of hydrogen-bond acceptors (Lipinski definition) is 3. The Morgan fingerprint density at radius 1 is 1.04 bits per heavy atom. The lowest BCUT2D eigenvalue weighted by Crippen LogP contribution is -2.37. The molecule has 0 spiro atoms. The van der Waals surface area contributed by atoms with Crippen molar-refractivity contribution < 1.29 is 4.79 Å². The Hall–Kier alpha value is -2.73. The molecule has 0 unspecified atom stereocenters. The number of nitrogens with one attached hydrogen (secondary N) is 1. The minimum absolute atomic E-state index is 0.199. The van der Waals surface area contributed by atoms with Crippen molar-refractivity contribution in [2.75, 3.05) is 6.54 Å². The lowest BCUT2D eigenvalue weighted by atomic mass is 9.84. The zero-order valence-electron chi connectivity index (χ0n) is 15.1. The van der Waals surface area contributed by atoms with Crippen LogP contribution < -0.4 is 10.9 Å². The first kappa shape index (κ1) is 19.0. The molecule has 1 heterocycles. The molecule has 0 aliphatic carbocycles. The summed E-state index contributed by atoms with van der Waals surface area (Å²) in [6.45, 7) is 4.57. The molecule has 1 N–H and O–H groups in total. The van der Waals surface area contributed by atoms with E-state index in [9.17, 15) is 9.59 Å². The van der Waals surface area contributed by atoms with Gasteiger partial charge in [0, 0.05) is 22.5 Å². The molecule has 1 amide bonds. The molecular formula is C21H20BrN3O2. The molecule has 0 fully saturated rings. The van der Waals surface area contributed by atoms with Gasteiger partial charge in [0.15, 0.2) is 0 Å². The fourth-order valence-corrected chi connectivity index (χ4v) is 2.95. The third kappa shape index (κ3) is 4.52. The van der Waals surface area contributed by atoms with E-state index in [0.717, 1.165) is 10.0 Å². The molecule has 0 atom stereocenters. The maximum atomic E-state index is 12.6. The highest BCUT2D eigenvalue weighted by Gasteiger charge is 2.22. The normalized spacial score (nSPS) is 11.2. The SMILES string of the molecule is CC(C)(CNC(=O)c1ccc(=O)n(-c2ccccc2)n1)c1ccc(Br)cc1. The Labute approximate surface area is 166 Å². The number of benzene rings is 2. The highest BCUT2D eigenvalue weighted by molar-refractivity contribution is 9.10. The third-order valence-corrected chi connectivity index (χ3v) is 4.88. The number of nitrogens with zero attached hydrogens (tertiary/aromatic N) is 2. The number of rotatable bonds is 5. The topological polar surface area (TPSA) is 64.0 Å². The fourth-order valence-electron chi connectivity index (χ4n) is 2.68. The standard InChI is InChI=1S/C21H20BrN3O2/c1-21(2,15-8-10-16(22)11-9-15)14-23-20(27)18-12-13-19(26)25(24-18)17-6-4-3-5-7-17/h3-13H,14H2,1-2H3,(H,23,27). The first-order chi connectivity index (χ1) is 12.9. The predicted octanol–water partition coefficient (Wildman–Crippen LogP) is 3.70. The molecule has 1 aromatic heterocycles. The van der Waals surface area contributed by atoms with Crippen molar-refractivity contribution in [1.29, 1.82) is 0 Å². The number of carbonyl (C=O) groups excluding carboxylic acids is 1. The second kappa shape index (κ2) is 7.88. The Morgan fingerprint density at radius 2 is 1.70 bits per heavy atom. The molecule has 0 saturated heterocycles. The summed E-state index contributed by atoms with van der Waals surface area (Å²) in [6, 6.07) is 19.9. The molecule has 3 aromatic rings. The lowest BCUT2D eigenvalue weighted by Gasteiger charge is -2.25. The van der Waals surface area contributed by atoms with Gasteiger partial charge in [0.2, 0.25) is 0 Å². The van der Waals surface area contributed by atoms with Crippen molar-refractivity contribution in [2.24, 2.45) is 0 Å². The van der Waals surface area contributed by atoms with Gasteiger partial charge < -0.3 is 5.32 Å². The fraction of sp³-hybridized carbons (Fsp3) is 0.190. The summed E-state index contributed by atoms with van der Waals surface area (Å²) in [7, 11) is 0. The van der Waals surface area contributed by atoms with Gasteiger partial charge in [-0.3, -0.25) is 9.59 Å². The summed E-state index contributed by atoms with van der Waals surface area (Å²) >= 11 is 3.43.